The Bertz CT molecular complexity index is 785. The third-order valence-corrected chi connectivity index (χ3v) is 4.66. The monoisotopic (exact) mass is 326 g/mol. The Kier molecular flexibility index (Phi) is 4.49. The van der Waals surface area contributed by atoms with Gasteiger partial charge in [-0.2, -0.15) is 5.10 Å². The van der Waals surface area contributed by atoms with Crippen molar-refractivity contribution >= 4 is 23.1 Å². The van der Waals surface area contributed by atoms with Crippen LogP contribution in [0.4, 0.5) is 5.82 Å². The molecule has 2 atom stereocenters. The molecule has 0 radical (unpaired) electrons. The number of benzene rings is 1. The zero-order chi connectivity index (χ0) is 16.4. The first kappa shape index (κ1) is 15.8. The number of fused-ring (bicyclic) bond motifs is 1. The van der Waals surface area contributed by atoms with Crippen LogP contribution in [0.1, 0.15) is 49.4 Å². The molecule has 0 fully saturated rings. The number of halogens is 1. The summed E-state index contributed by atoms with van der Waals surface area (Å²) >= 11 is 6.46. The maximum absolute atomic E-state index is 7.75. The van der Waals surface area contributed by atoms with Gasteiger partial charge >= 0.3 is 0 Å². The van der Waals surface area contributed by atoms with Crippen molar-refractivity contribution in [1.82, 2.24) is 10.2 Å². The molecule has 118 valence electrons. The van der Waals surface area contributed by atoms with Crippen molar-refractivity contribution in [3.63, 3.8) is 0 Å². The molecule has 2 unspecified atom stereocenters. The highest BCUT2D eigenvalue weighted by Gasteiger charge is 2.42. The quantitative estimate of drug-likeness (QED) is 0.795. The van der Waals surface area contributed by atoms with Gasteiger partial charge in [-0.1, -0.05) is 50.1 Å². The number of aliphatic imine (C=N–C) groups is 1. The first-order valence-corrected chi connectivity index (χ1v) is 8.34. The number of aromatic amines is 1. The molecule has 1 aliphatic heterocycles. The molecule has 0 saturated heterocycles. The second-order valence-corrected chi connectivity index (χ2v) is 6.13. The van der Waals surface area contributed by atoms with E-state index >= 15 is 0 Å². The second-order valence-electron chi connectivity index (χ2n) is 5.72. The standard InChI is InChI=1S/C18H19ClN4/c1-4-8-14-17(20-3)15(11-9-6-7-10-12(11)19)16-13(5-2)22-23-18(16)21-14/h6-7,9-10,15,17H,4-5,8H2,1-2H3,(H,22,23). The molecule has 2 aromatic rings. The highest BCUT2D eigenvalue weighted by atomic mass is 35.5. The Labute approximate surface area is 141 Å². The molecular formula is C18H19ClN4. The van der Waals surface area contributed by atoms with Crippen molar-refractivity contribution < 1.29 is 0 Å². The lowest BCUT2D eigenvalue weighted by molar-refractivity contribution is 0.759. The molecule has 3 rings (SSSR count). The fraction of sp³-hybridized carbons (Fsp3) is 0.389. The van der Waals surface area contributed by atoms with E-state index in [9.17, 15) is 0 Å². The zero-order valence-electron chi connectivity index (χ0n) is 13.3. The number of hydrogen-bond donors (Lipinski definition) is 1. The summed E-state index contributed by atoms with van der Waals surface area (Å²) in [6, 6.07) is 7.47. The molecule has 1 aromatic carbocycles. The number of aromatic nitrogens is 2. The first-order chi connectivity index (χ1) is 11.2. The van der Waals surface area contributed by atoms with Crippen molar-refractivity contribution in [3.05, 3.63) is 57.5 Å². The summed E-state index contributed by atoms with van der Waals surface area (Å²) in [5.74, 6) is 0.610. The first-order valence-electron chi connectivity index (χ1n) is 7.96. The lowest BCUT2D eigenvalue weighted by Crippen LogP contribution is -2.29. The molecule has 5 heteroatoms. The van der Waals surface area contributed by atoms with Crippen molar-refractivity contribution in [1.29, 1.82) is 0 Å². The van der Waals surface area contributed by atoms with Gasteiger partial charge in [-0.15, -0.1) is 0 Å². The highest BCUT2D eigenvalue weighted by Crippen LogP contribution is 2.44. The van der Waals surface area contributed by atoms with Crippen molar-refractivity contribution in [2.45, 2.75) is 45.1 Å². The summed E-state index contributed by atoms with van der Waals surface area (Å²) < 4.78 is 0. The summed E-state index contributed by atoms with van der Waals surface area (Å²) in [5.41, 5.74) is 3.96. The van der Waals surface area contributed by atoms with Crippen LogP contribution in [0.5, 0.6) is 0 Å². The smallest absolute Gasteiger partial charge is 0.272 e. The van der Waals surface area contributed by atoms with Crippen LogP contribution >= 0.6 is 11.6 Å². The summed E-state index contributed by atoms with van der Waals surface area (Å²) in [6.07, 6.45) is 2.59. The Morgan fingerprint density at radius 2 is 2.09 bits per heavy atom. The minimum Gasteiger partial charge on any atom is -0.306 e. The van der Waals surface area contributed by atoms with Crippen LogP contribution < -0.4 is 0 Å². The number of nitrogens with zero attached hydrogens (tertiary/aromatic N) is 3. The van der Waals surface area contributed by atoms with E-state index in [1.807, 2.05) is 24.3 Å². The second kappa shape index (κ2) is 6.55. The number of aryl methyl sites for hydroxylation is 1. The van der Waals surface area contributed by atoms with Gasteiger partial charge < -0.3 is 4.85 Å². The molecule has 1 aliphatic rings. The van der Waals surface area contributed by atoms with Crippen LogP contribution in [-0.4, -0.2) is 22.0 Å². The lowest BCUT2D eigenvalue weighted by atomic mass is 9.80. The molecule has 1 aromatic heterocycles. The molecule has 0 saturated carbocycles. The number of nitrogens with one attached hydrogen (secondary N) is 1. The van der Waals surface area contributed by atoms with Gasteiger partial charge in [0.1, 0.15) is 5.71 Å². The molecule has 23 heavy (non-hydrogen) atoms. The minimum absolute atomic E-state index is 0.107. The molecular weight excluding hydrogens is 308 g/mol. The molecule has 4 nitrogen and oxygen atoms in total. The van der Waals surface area contributed by atoms with Crippen molar-refractivity contribution in [2.24, 2.45) is 4.99 Å². The van der Waals surface area contributed by atoms with E-state index in [0.29, 0.717) is 5.02 Å². The molecule has 0 spiro atoms. The fourth-order valence-corrected chi connectivity index (χ4v) is 3.52. The van der Waals surface area contributed by atoms with Crippen molar-refractivity contribution in [2.75, 3.05) is 0 Å². The van der Waals surface area contributed by atoms with Crippen LogP contribution in [0.25, 0.3) is 4.85 Å². The van der Waals surface area contributed by atoms with E-state index in [1.165, 1.54) is 0 Å². The third-order valence-electron chi connectivity index (χ3n) is 4.32. The number of rotatable bonds is 4. The maximum atomic E-state index is 7.75. The van der Waals surface area contributed by atoms with Crippen LogP contribution in [0.15, 0.2) is 29.3 Å². The van der Waals surface area contributed by atoms with Gasteiger partial charge in [-0.25, -0.2) is 11.6 Å². The van der Waals surface area contributed by atoms with Gasteiger partial charge in [-0.3, -0.25) is 5.10 Å². The number of hydrogen-bond acceptors (Lipinski definition) is 2. The van der Waals surface area contributed by atoms with Gasteiger partial charge in [0.2, 0.25) is 0 Å². The van der Waals surface area contributed by atoms with E-state index in [0.717, 1.165) is 47.6 Å². The van der Waals surface area contributed by atoms with E-state index in [1.54, 1.807) is 0 Å². The van der Waals surface area contributed by atoms with Gasteiger partial charge in [0.25, 0.3) is 6.04 Å². The molecule has 1 N–H and O–H groups in total. The van der Waals surface area contributed by atoms with E-state index in [4.69, 9.17) is 18.2 Å². The molecule has 0 bridgehead atoms. The number of H-pyrrole nitrogens is 1. The third kappa shape index (κ3) is 2.66. The minimum atomic E-state index is -0.315. The topological polar surface area (TPSA) is 45.4 Å². The zero-order valence-corrected chi connectivity index (χ0v) is 14.1. The van der Waals surface area contributed by atoms with Crippen LogP contribution in [0, 0.1) is 6.57 Å². The maximum Gasteiger partial charge on any atom is 0.272 e. The molecule has 2 heterocycles. The van der Waals surface area contributed by atoms with Crippen LogP contribution in [-0.2, 0) is 6.42 Å². The summed E-state index contributed by atoms with van der Waals surface area (Å²) in [6.45, 7) is 11.9. The normalized spacial score (nSPS) is 19.8. The lowest BCUT2D eigenvalue weighted by Gasteiger charge is -2.25. The van der Waals surface area contributed by atoms with Crippen LogP contribution in [0.3, 0.4) is 0 Å². The predicted octanol–water partition coefficient (Wildman–Crippen LogP) is 4.93. The van der Waals surface area contributed by atoms with Gasteiger partial charge in [0, 0.05) is 16.3 Å². The summed E-state index contributed by atoms with van der Waals surface area (Å²) in [4.78, 5) is 8.60. The molecule has 0 amide bonds. The van der Waals surface area contributed by atoms with Gasteiger partial charge in [0.05, 0.1) is 5.92 Å². The SMILES string of the molecule is [C-]#[N+]C1C(CCC)=Nc2n[nH]c(CC)c2C1c1ccccc1Cl. The van der Waals surface area contributed by atoms with Gasteiger partial charge in [0.15, 0.2) is 5.82 Å². The summed E-state index contributed by atoms with van der Waals surface area (Å²) in [7, 11) is 0. The Morgan fingerprint density at radius 1 is 1.30 bits per heavy atom. The Balaban J connectivity index is 2.23. The fourth-order valence-electron chi connectivity index (χ4n) is 3.27. The van der Waals surface area contributed by atoms with E-state index in [-0.39, 0.29) is 12.0 Å². The Morgan fingerprint density at radius 3 is 2.74 bits per heavy atom. The Hall–Kier alpha value is -2.12. The van der Waals surface area contributed by atoms with Gasteiger partial charge in [-0.05, 0) is 24.5 Å². The van der Waals surface area contributed by atoms with Crippen molar-refractivity contribution in [3.8, 4) is 0 Å². The average molecular weight is 327 g/mol. The predicted molar refractivity (Wildman–Crippen MR) is 93.7 cm³/mol. The highest BCUT2D eigenvalue weighted by molar-refractivity contribution is 6.31. The van der Waals surface area contributed by atoms with E-state index in [2.05, 4.69) is 33.9 Å². The summed E-state index contributed by atoms with van der Waals surface area (Å²) in [5, 5.41) is 8.16. The largest absolute Gasteiger partial charge is 0.306 e. The average Bonchev–Trinajstić information content (AvgIpc) is 2.97. The molecule has 0 aliphatic carbocycles. The van der Waals surface area contributed by atoms with E-state index < -0.39 is 0 Å². The van der Waals surface area contributed by atoms with Crippen LogP contribution in [0.2, 0.25) is 5.02 Å².